The number of rotatable bonds is 6. The van der Waals surface area contributed by atoms with Gasteiger partial charge in [-0.25, -0.2) is 15.0 Å². The summed E-state index contributed by atoms with van der Waals surface area (Å²) in [6, 6.07) is 72.7. The summed E-state index contributed by atoms with van der Waals surface area (Å²) in [4.78, 5) is 15.1. The highest BCUT2D eigenvalue weighted by Crippen LogP contribution is 2.45. The Morgan fingerprint density at radius 2 is 0.968 bits per heavy atom. The van der Waals surface area contributed by atoms with E-state index >= 15 is 0 Å². The normalized spacial score (nSPS) is 11.8. The highest BCUT2D eigenvalue weighted by Gasteiger charge is 2.21. The van der Waals surface area contributed by atoms with Crippen LogP contribution in [0.4, 0.5) is 0 Å². The molecule has 0 fully saturated rings. The van der Waals surface area contributed by atoms with Crippen molar-refractivity contribution in [3.8, 4) is 62.1 Å². The second kappa shape index (κ2) is 14.2. The number of fused-ring (bicyclic) bond motifs is 10. The molecule has 0 bridgehead atoms. The van der Waals surface area contributed by atoms with Crippen molar-refractivity contribution < 1.29 is 4.42 Å². The summed E-state index contributed by atoms with van der Waals surface area (Å²) in [5.74, 6) is 1.88. The van der Waals surface area contributed by atoms with Gasteiger partial charge in [-0.15, -0.1) is 11.3 Å². The Labute approximate surface area is 365 Å². The third-order valence-electron chi connectivity index (χ3n) is 12.2. The van der Waals surface area contributed by atoms with Crippen molar-refractivity contribution in [1.29, 1.82) is 0 Å². The molecule has 13 aromatic rings. The minimum Gasteiger partial charge on any atom is -0.455 e. The van der Waals surface area contributed by atoms with E-state index in [1.165, 1.54) is 36.5 Å². The molecule has 0 spiro atoms. The molecule has 294 valence electrons. The molecular formula is C57H34N4OS. The van der Waals surface area contributed by atoms with Gasteiger partial charge in [0.05, 0.1) is 11.0 Å². The van der Waals surface area contributed by atoms with Crippen molar-refractivity contribution in [2.45, 2.75) is 0 Å². The van der Waals surface area contributed by atoms with Crippen LogP contribution in [-0.2, 0) is 0 Å². The first-order valence-corrected chi connectivity index (χ1v) is 21.9. The Bertz CT molecular complexity index is 3860. The molecule has 4 aromatic heterocycles. The molecular weight excluding hydrogens is 789 g/mol. The fourth-order valence-electron chi connectivity index (χ4n) is 9.33. The molecule has 0 radical (unpaired) electrons. The standard InChI is InChI=1S/C57H34N4OS/c1-3-15-35(16-4-1)55-58-56(36-17-5-2-6-18-36)60-57(59-55)38-20-13-19-37(31-38)39-32-40(42-24-14-25-45-43-21-8-11-27-50(43)62-53(42)45)34-41(33-39)61-48-26-10-7-23-47(48)52-49(61)30-29-46-44-22-9-12-28-51(44)63-54(46)52/h1-34H. The predicted molar refractivity (Wildman–Crippen MR) is 262 cm³/mol. The van der Waals surface area contributed by atoms with Gasteiger partial charge in [0, 0.05) is 69.7 Å². The molecule has 0 saturated carbocycles. The fraction of sp³-hybridized carbons (Fsp3) is 0. The van der Waals surface area contributed by atoms with Crippen LogP contribution in [-0.4, -0.2) is 19.5 Å². The van der Waals surface area contributed by atoms with Gasteiger partial charge < -0.3 is 8.98 Å². The summed E-state index contributed by atoms with van der Waals surface area (Å²) in [5, 5.41) is 7.30. The average Bonchev–Trinajstić information content (AvgIpc) is 4.04. The van der Waals surface area contributed by atoms with Gasteiger partial charge in [0.1, 0.15) is 11.2 Å². The SMILES string of the molecule is c1ccc(-c2nc(-c3ccccc3)nc(-c3cccc(-c4cc(-c5cccc6c5oc5ccccc56)cc(-n5c6ccccc6c6c7sc8ccccc8c7ccc65)c4)c3)n2)cc1. The minimum absolute atomic E-state index is 0.614. The van der Waals surface area contributed by atoms with Gasteiger partial charge in [0.25, 0.3) is 0 Å². The number of furan rings is 1. The Kier molecular flexibility index (Phi) is 8.01. The van der Waals surface area contributed by atoms with Crippen LogP contribution in [0.25, 0.3) is 126 Å². The largest absolute Gasteiger partial charge is 0.455 e. The Morgan fingerprint density at radius 1 is 0.381 bits per heavy atom. The summed E-state index contributed by atoms with van der Waals surface area (Å²) in [5.41, 5.74) is 12.1. The third kappa shape index (κ3) is 5.80. The molecule has 63 heavy (non-hydrogen) atoms. The van der Waals surface area contributed by atoms with Crippen LogP contribution >= 0.6 is 11.3 Å². The van der Waals surface area contributed by atoms with E-state index in [0.717, 1.165) is 72.1 Å². The van der Waals surface area contributed by atoms with Crippen LogP contribution in [0.15, 0.2) is 211 Å². The lowest BCUT2D eigenvalue weighted by Gasteiger charge is -2.15. The first-order chi connectivity index (χ1) is 31.2. The first-order valence-electron chi connectivity index (χ1n) is 21.1. The summed E-state index contributed by atoms with van der Waals surface area (Å²) in [7, 11) is 0. The Hall–Kier alpha value is -8.19. The van der Waals surface area contributed by atoms with Gasteiger partial charge in [-0.05, 0) is 65.2 Å². The maximum absolute atomic E-state index is 6.68. The highest BCUT2D eigenvalue weighted by molar-refractivity contribution is 7.26. The maximum Gasteiger partial charge on any atom is 0.164 e. The van der Waals surface area contributed by atoms with E-state index in [-0.39, 0.29) is 0 Å². The van der Waals surface area contributed by atoms with Gasteiger partial charge in [0.15, 0.2) is 17.5 Å². The predicted octanol–water partition coefficient (Wildman–Crippen LogP) is 15.6. The van der Waals surface area contributed by atoms with Crippen molar-refractivity contribution in [3.05, 3.63) is 206 Å². The lowest BCUT2D eigenvalue weighted by molar-refractivity contribution is 0.670. The van der Waals surface area contributed by atoms with E-state index in [1.54, 1.807) is 0 Å². The zero-order valence-electron chi connectivity index (χ0n) is 33.7. The number of aromatic nitrogens is 4. The second-order valence-electron chi connectivity index (χ2n) is 16.0. The van der Waals surface area contributed by atoms with Gasteiger partial charge in [-0.2, -0.15) is 0 Å². The van der Waals surface area contributed by atoms with Crippen LogP contribution < -0.4 is 0 Å². The van der Waals surface area contributed by atoms with Crippen molar-refractivity contribution in [2.75, 3.05) is 0 Å². The van der Waals surface area contributed by atoms with E-state index in [4.69, 9.17) is 19.4 Å². The van der Waals surface area contributed by atoms with Crippen LogP contribution in [0.3, 0.4) is 0 Å². The number of hydrogen-bond acceptors (Lipinski definition) is 5. The van der Waals surface area contributed by atoms with Crippen LogP contribution in [0.2, 0.25) is 0 Å². The molecule has 0 atom stereocenters. The van der Waals surface area contributed by atoms with Crippen molar-refractivity contribution in [3.63, 3.8) is 0 Å². The second-order valence-corrected chi connectivity index (χ2v) is 17.0. The van der Waals surface area contributed by atoms with Crippen LogP contribution in [0.5, 0.6) is 0 Å². The van der Waals surface area contributed by atoms with Crippen molar-refractivity contribution in [1.82, 2.24) is 19.5 Å². The van der Waals surface area contributed by atoms with Gasteiger partial charge >= 0.3 is 0 Å². The minimum atomic E-state index is 0.614. The summed E-state index contributed by atoms with van der Waals surface area (Å²) < 4.78 is 11.7. The highest BCUT2D eigenvalue weighted by atomic mass is 32.1. The summed E-state index contributed by atoms with van der Waals surface area (Å²) in [6.45, 7) is 0. The Balaban J connectivity index is 1.06. The number of hydrogen-bond donors (Lipinski definition) is 0. The lowest BCUT2D eigenvalue weighted by atomic mass is 9.95. The van der Waals surface area contributed by atoms with Crippen LogP contribution in [0.1, 0.15) is 0 Å². The monoisotopic (exact) mass is 822 g/mol. The van der Waals surface area contributed by atoms with Gasteiger partial charge in [0.2, 0.25) is 0 Å². The van der Waals surface area contributed by atoms with E-state index in [2.05, 4.69) is 138 Å². The zero-order valence-corrected chi connectivity index (χ0v) is 34.6. The lowest BCUT2D eigenvalue weighted by Crippen LogP contribution is -2.00. The third-order valence-corrected chi connectivity index (χ3v) is 13.4. The molecule has 0 aliphatic heterocycles. The van der Waals surface area contributed by atoms with E-state index in [1.807, 2.05) is 84.1 Å². The average molecular weight is 823 g/mol. The van der Waals surface area contributed by atoms with Crippen LogP contribution in [0, 0.1) is 0 Å². The molecule has 0 N–H and O–H groups in total. The molecule has 0 saturated heterocycles. The molecule has 0 amide bonds. The summed E-state index contributed by atoms with van der Waals surface area (Å²) in [6.07, 6.45) is 0. The Morgan fingerprint density at radius 3 is 1.76 bits per heavy atom. The molecule has 5 nitrogen and oxygen atoms in total. The van der Waals surface area contributed by atoms with E-state index in [9.17, 15) is 0 Å². The van der Waals surface area contributed by atoms with Crippen molar-refractivity contribution >= 4 is 75.3 Å². The topological polar surface area (TPSA) is 56.7 Å². The van der Waals surface area contributed by atoms with Crippen molar-refractivity contribution in [2.24, 2.45) is 0 Å². The number of para-hydroxylation sites is 3. The zero-order chi connectivity index (χ0) is 41.4. The molecule has 0 unspecified atom stereocenters. The molecule has 0 aliphatic rings. The van der Waals surface area contributed by atoms with Gasteiger partial charge in [-0.3, -0.25) is 0 Å². The molecule has 4 heterocycles. The summed E-state index contributed by atoms with van der Waals surface area (Å²) >= 11 is 1.87. The quantitative estimate of drug-likeness (QED) is 0.168. The number of benzene rings is 9. The number of nitrogens with zero attached hydrogens (tertiary/aromatic N) is 4. The molecule has 6 heteroatoms. The van der Waals surface area contributed by atoms with E-state index < -0.39 is 0 Å². The molecule has 0 aliphatic carbocycles. The number of thiophene rings is 1. The van der Waals surface area contributed by atoms with E-state index in [0.29, 0.717) is 17.5 Å². The molecule has 9 aromatic carbocycles. The van der Waals surface area contributed by atoms with Gasteiger partial charge in [-0.1, -0.05) is 158 Å². The maximum atomic E-state index is 6.68. The molecule has 13 rings (SSSR count). The smallest absolute Gasteiger partial charge is 0.164 e. The fourth-order valence-corrected chi connectivity index (χ4v) is 10.6. The first kappa shape index (κ1) is 35.6.